The Bertz CT molecular complexity index is 476. The lowest BCUT2D eigenvalue weighted by molar-refractivity contribution is 0.00732. The summed E-state index contributed by atoms with van der Waals surface area (Å²) in [6, 6.07) is 5.92. The highest BCUT2D eigenvalue weighted by molar-refractivity contribution is 5.45. The van der Waals surface area contributed by atoms with Crippen molar-refractivity contribution in [1.82, 2.24) is 4.90 Å². The zero-order valence-electron chi connectivity index (χ0n) is 11.6. The van der Waals surface area contributed by atoms with Crippen LogP contribution >= 0.6 is 0 Å². The maximum Gasteiger partial charge on any atom is 0.128 e. The van der Waals surface area contributed by atoms with Gasteiger partial charge in [0.1, 0.15) is 17.1 Å². The second kappa shape index (κ2) is 4.69. The quantitative estimate of drug-likeness (QED) is 0.902. The highest BCUT2D eigenvalue weighted by Gasteiger charge is 2.50. The minimum Gasteiger partial charge on any atom is -0.497 e. The maximum absolute atomic E-state index is 11.1. The van der Waals surface area contributed by atoms with E-state index in [1.807, 2.05) is 18.2 Å². The summed E-state index contributed by atoms with van der Waals surface area (Å²) in [6.45, 7) is 2.07. The molecule has 104 valence electrons. The molecule has 0 aromatic heterocycles. The Labute approximate surface area is 113 Å². The van der Waals surface area contributed by atoms with E-state index in [0.717, 1.165) is 43.0 Å². The predicted octanol–water partition coefficient (Wildman–Crippen LogP) is 1.76. The molecule has 2 heterocycles. The summed E-state index contributed by atoms with van der Waals surface area (Å²) >= 11 is 0. The van der Waals surface area contributed by atoms with Crippen LogP contribution in [0.1, 0.15) is 24.8 Å². The fraction of sp³-hybridized carbons (Fsp3) is 0.600. The molecule has 2 atom stereocenters. The summed E-state index contributed by atoms with van der Waals surface area (Å²) in [7, 11) is 3.28. The van der Waals surface area contributed by atoms with Crippen molar-refractivity contribution in [3.8, 4) is 11.5 Å². The molecule has 0 spiro atoms. The second-order valence-electron chi connectivity index (χ2n) is 5.43. The molecule has 0 saturated carbocycles. The Balaban J connectivity index is 2.01. The Morgan fingerprint density at radius 1 is 1.26 bits per heavy atom. The van der Waals surface area contributed by atoms with Crippen LogP contribution in [0.15, 0.2) is 18.2 Å². The van der Waals surface area contributed by atoms with Crippen LogP contribution in [-0.2, 0) is 5.60 Å². The first-order valence-electron chi connectivity index (χ1n) is 6.88. The van der Waals surface area contributed by atoms with Crippen LogP contribution in [0.3, 0.4) is 0 Å². The molecule has 1 N–H and O–H groups in total. The molecule has 2 unspecified atom stereocenters. The third-order valence-electron chi connectivity index (χ3n) is 4.57. The molecule has 2 fully saturated rings. The maximum atomic E-state index is 11.1. The lowest BCUT2D eigenvalue weighted by Gasteiger charge is -2.31. The van der Waals surface area contributed by atoms with Gasteiger partial charge in [0.15, 0.2) is 0 Å². The van der Waals surface area contributed by atoms with Crippen LogP contribution in [0.25, 0.3) is 0 Å². The number of rotatable bonds is 3. The van der Waals surface area contributed by atoms with Crippen LogP contribution < -0.4 is 9.47 Å². The molecular formula is C15H21NO3. The minimum absolute atomic E-state index is 0.231. The largest absolute Gasteiger partial charge is 0.497 e. The zero-order chi connectivity index (χ0) is 13.5. The first-order chi connectivity index (χ1) is 9.19. The van der Waals surface area contributed by atoms with Crippen molar-refractivity contribution in [1.29, 1.82) is 0 Å². The van der Waals surface area contributed by atoms with Gasteiger partial charge in [-0.1, -0.05) is 0 Å². The topological polar surface area (TPSA) is 41.9 Å². The van der Waals surface area contributed by atoms with E-state index in [4.69, 9.17) is 9.47 Å². The molecule has 3 rings (SSSR count). The average Bonchev–Trinajstić information content (AvgIpc) is 3.03. The number of fused-ring (bicyclic) bond motifs is 1. The monoisotopic (exact) mass is 263 g/mol. The number of ether oxygens (including phenoxy) is 2. The molecule has 0 radical (unpaired) electrons. The third kappa shape index (κ3) is 1.90. The SMILES string of the molecule is COc1ccc(C2(O)CCN3CCCC32)c(OC)c1. The van der Waals surface area contributed by atoms with Gasteiger partial charge in [0.05, 0.1) is 14.2 Å². The van der Waals surface area contributed by atoms with E-state index in [1.165, 1.54) is 6.42 Å². The van der Waals surface area contributed by atoms with Crippen molar-refractivity contribution < 1.29 is 14.6 Å². The van der Waals surface area contributed by atoms with Gasteiger partial charge in [0.2, 0.25) is 0 Å². The lowest BCUT2D eigenvalue weighted by atomic mass is 9.84. The van der Waals surface area contributed by atoms with Crippen molar-refractivity contribution in [2.45, 2.75) is 30.9 Å². The van der Waals surface area contributed by atoms with Crippen LogP contribution in [0.5, 0.6) is 11.5 Å². The van der Waals surface area contributed by atoms with Gasteiger partial charge in [-0.3, -0.25) is 4.90 Å². The molecule has 1 aromatic carbocycles. The van der Waals surface area contributed by atoms with E-state index in [-0.39, 0.29) is 6.04 Å². The van der Waals surface area contributed by atoms with Crippen LogP contribution in [0, 0.1) is 0 Å². The average molecular weight is 263 g/mol. The summed E-state index contributed by atoms with van der Waals surface area (Å²) in [5, 5.41) is 11.1. The van der Waals surface area contributed by atoms with Crippen molar-refractivity contribution in [3.05, 3.63) is 23.8 Å². The second-order valence-corrected chi connectivity index (χ2v) is 5.43. The van der Waals surface area contributed by atoms with Crippen LogP contribution in [-0.4, -0.2) is 43.4 Å². The summed E-state index contributed by atoms with van der Waals surface area (Å²) in [5.41, 5.74) is 0.110. The first-order valence-corrected chi connectivity index (χ1v) is 6.88. The van der Waals surface area contributed by atoms with E-state index >= 15 is 0 Å². The summed E-state index contributed by atoms with van der Waals surface area (Å²) in [4.78, 5) is 2.39. The van der Waals surface area contributed by atoms with Gasteiger partial charge in [0, 0.05) is 24.2 Å². The van der Waals surface area contributed by atoms with E-state index in [0.29, 0.717) is 0 Å². The smallest absolute Gasteiger partial charge is 0.128 e. The van der Waals surface area contributed by atoms with E-state index in [1.54, 1.807) is 14.2 Å². The van der Waals surface area contributed by atoms with Crippen molar-refractivity contribution in [3.63, 3.8) is 0 Å². The van der Waals surface area contributed by atoms with Crippen LogP contribution in [0.2, 0.25) is 0 Å². The first kappa shape index (κ1) is 12.8. The van der Waals surface area contributed by atoms with E-state index in [2.05, 4.69) is 4.90 Å². The lowest BCUT2D eigenvalue weighted by Crippen LogP contribution is -2.38. The zero-order valence-corrected chi connectivity index (χ0v) is 11.6. The normalized spacial score (nSPS) is 30.4. The molecule has 0 bridgehead atoms. The Morgan fingerprint density at radius 3 is 2.84 bits per heavy atom. The van der Waals surface area contributed by atoms with Gasteiger partial charge >= 0.3 is 0 Å². The van der Waals surface area contributed by atoms with Crippen molar-refractivity contribution in [2.75, 3.05) is 27.3 Å². The minimum atomic E-state index is -0.784. The number of aliphatic hydroxyl groups is 1. The molecule has 0 amide bonds. The predicted molar refractivity (Wildman–Crippen MR) is 72.7 cm³/mol. The number of benzene rings is 1. The third-order valence-corrected chi connectivity index (χ3v) is 4.57. The molecule has 4 heteroatoms. The summed E-state index contributed by atoms with van der Waals surface area (Å²) < 4.78 is 10.7. The fourth-order valence-electron chi connectivity index (χ4n) is 3.59. The molecule has 0 aliphatic carbocycles. The number of methoxy groups -OCH3 is 2. The molecular weight excluding hydrogens is 242 g/mol. The van der Waals surface area contributed by atoms with Crippen LogP contribution in [0.4, 0.5) is 0 Å². The number of hydrogen-bond acceptors (Lipinski definition) is 4. The van der Waals surface area contributed by atoms with Gasteiger partial charge in [-0.05, 0) is 37.9 Å². The molecule has 4 nitrogen and oxygen atoms in total. The Morgan fingerprint density at radius 2 is 2.11 bits per heavy atom. The van der Waals surface area contributed by atoms with Crippen molar-refractivity contribution in [2.24, 2.45) is 0 Å². The number of hydrogen-bond donors (Lipinski definition) is 1. The summed E-state index contributed by atoms with van der Waals surface area (Å²) in [6.07, 6.45) is 3.01. The van der Waals surface area contributed by atoms with E-state index in [9.17, 15) is 5.11 Å². The Hall–Kier alpha value is -1.26. The van der Waals surface area contributed by atoms with Gasteiger partial charge in [-0.25, -0.2) is 0 Å². The standard InChI is InChI=1S/C15H21NO3/c1-18-11-5-6-12(13(10-11)19-2)15(17)7-9-16-8-3-4-14(15)16/h5-6,10,14,17H,3-4,7-9H2,1-2H3. The van der Waals surface area contributed by atoms with Gasteiger partial charge in [-0.2, -0.15) is 0 Å². The molecule has 2 aliphatic rings. The fourth-order valence-corrected chi connectivity index (χ4v) is 3.59. The van der Waals surface area contributed by atoms with Gasteiger partial charge < -0.3 is 14.6 Å². The van der Waals surface area contributed by atoms with Crippen molar-refractivity contribution >= 4 is 0 Å². The number of nitrogens with zero attached hydrogens (tertiary/aromatic N) is 1. The van der Waals surface area contributed by atoms with E-state index < -0.39 is 5.60 Å². The summed E-state index contributed by atoms with van der Waals surface area (Å²) in [5.74, 6) is 1.47. The molecule has 2 aliphatic heterocycles. The van der Waals surface area contributed by atoms with Gasteiger partial charge in [-0.15, -0.1) is 0 Å². The molecule has 2 saturated heterocycles. The molecule has 19 heavy (non-hydrogen) atoms. The van der Waals surface area contributed by atoms with Gasteiger partial charge in [0.25, 0.3) is 0 Å². The molecule has 1 aromatic rings. The Kier molecular flexibility index (Phi) is 3.15. The highest BCUT2D eigenvalue weighted by atomic mass is 16.5. The highest BCUT2D eigenvalue weighted by Crippen LogP contribution is 2.46.